The van der Waals surface area contributed by atoms with E-state index in [9.17, 15) is 18.0 Å². The van der Waals surface area contributed by atoms with Gasteiger partial charge in [0.25, 0.3) is 0 Å². The van der Waals surface area contributed by atoms with Gasteiger partial charge in [0.05, 0.1) is 5.92 Å². The fourth-order valence-corrected chi connectivity index (χ4v) is 2.37. The average Bonchev–Trinajstić information content (AvgIpc) is 2.38. The summed E-state index contributed by atoms with van der Waals surface area (Å²) in [5.41, 5.74) is 4.45. The molecule has 2 N–H and O–H groups in total. The molecule has 23 heavy (non-hydrogen) atoms. The van der Waals surface area contributed by atoms with Crippen molar-refractivity contribution in [3.8, 4) is 0 Å². The van der Waals surface area contributed by atoms with Gasteiger partial charge in [0, 0.05) is 0 Å². The first-order valence-corrected chi connectivity index (χ1v) is 8.54. The molecule has 0 aromatic rings. The van der Waals surface area contributed by atoms with E-state index in [1.807, 2.05) is 0 Å². The van der Waals surface area contributed by atoms with Gasteiger partial charge >= 0.3 is 12.1 Å². The summed E-state index contributed by atoms with van der Waals surface area (Å²) in [6, 6.07) is -2.17. The van der Waals surface area contributed by atoms with Gasteiger partial charge in [-0.1, -0.05) is 51.9 Å². The summed E-state index contributed by atoms with van der Waals surface area (Å²) in [6.45, 7) is 7.03. The van der Waals surface area contributed by atoms with Gasteiger partial charge in [-0.3, -0.25) is 4.79 Å². The van der Waals surface area contributed by atoms with Crippen LogP contribution in [-0.2, 0) is 9.53 Å². The summed E-state index contributed by atoms with van der Waals surface area (Å²) in [6.07, 6.45) is 2.42. The van der Waals surface area contributed by atoms with Gasteiger partial charge < -0.3 is 10.5 Å². The maximum absolute atomic E-state index is 12.9. The Hall–Kier alpha value is -0.780. The molecule has 0 bridgehead atoms. The van der Waals surface area contributed by atoms with Crippen LogP contribution in [0.5, 0.6) is 0 Å². The molecular weight excluding hydrogens is 307 g/mol. The molecule has 0 unspecified atom stereocenters. The Labute approximate surface area is 138 Å². The molecule has 0 saturated carbocycles. The number of hydrogen-bond donors (Lipinski definition) is 1. The summed E-state index contributed by atoms with van der Waals surface area (Å²) >= 11 is 0. The number of unbranched alkanes of at least 4 members (excludes halogenated alkanes) is 6. The minimum absolute atomic E-state index is 0.114. The highest BCUT2D eigenvalue weighted by Crippen LogP contribution is 2.29. The zero-order valence-electron chi connectivity index (χ0n) is 14.8. The maximum atomic E-state index is 12.9. The third kappa shape index (κ3) is 10.6. The number of ether oxygens (including phenoxy) is 1. The predicted octanol–water partition coefficient (Wildman–Crippen LogP) is 4.97. The van der Waals surface area contributed by atoms with Crippen LogP contribution < -0.4 is 5.73 Å². The van der Waals surface area contributed by atoms with Crippen LogP contribution in [0.1, 0.15) is 79.1 Å². The number of alkyl halides is 3. The second-order valence-electron chi connectivity index (χ2n) is 7.12. The van der Waals surface area contributed by atoms with Crippen LogP contribution in [0, 0.1) is 5.92 Å². The summed E-state index contributed by atoms with van der Waals surface area (Å²) in [4.78, 5) is 12.0. The predicted molar refractivity (Wildman–Crippen MR) is 86.0 cm³/mol. The Bertz CT molecular complexity index is 338. The SMILES string of the molecule is CCCCCCCCC[C@H](C(=O)OC(C)(C)C)[C@H](N)C(F)(F)F. The molecule has 0 aliphatic heterocycles. The monoisotopic (exact) mass is 339 g/mol. The summed E-state index contributed by atoms with van der Waals surface area (Å²) in [5.74, 6) is -2.18. The number of hydrogen-bond acceptors (Lipinski definition) is 3. The van der Waals surface area contributed by atoms with E-state index in [4.69, 9.17) is 10.5 Å². The maximum Gasteiger partial charge on any atom is 0.404 e. The Balaban J connectivity index is 4.48. The summed E-state index contributed by atoms with van der Waals surface area (Å²) in [7, 11) is 0. The zero-order chi connectivity index (χ0) is 18.1. The van der Waals surface area contributed by atoms with Crippen molar-refractivity contribution in [1.82, 2.24) is 0 Å². The van der Waals surface area contributed by atoms with Crippen LogP contribution in [0.2, 0.25) is 0 Å². The second kappa shape index (κ2) is 10.2. The van der Waals surface area contributed by atoms with Crippen LogP contribution >= 0.6 is 0 Å². The van der Waals surface area contributed by atoms with Crippen LogP contribution in [-0.4, -0.2) is 23.8 Å². The molecule has 0 aliphatic carbocycles. The highest BCUT2D eigenvalue weighted by atomic mass is 19.4. The molecular formula is C17H32F3NO2. The van der Waals surface area contributed by atoms with Crippen molar-refractivity contribution in [1.29, 1.82) is 0 Å². The fourth-order valence-electron chi connectivity index (χ4n) is 2.37. The van der Waals surface area contributed by atoms with Crippen molar-refractivity contribution in [3.63, 3.8) is 0 Å². The lowest BCUT2D eigenvalue weighted by molar-refractivity contribution is -0.183. The van der Waals surface area contributed by atoms with E-state index in [0.717, 1.165) is 32.1 Å². The Kier molecular flexibility index (Phi) is 9.82. The van der Waals surface area contributed by atoms with E-state index in [-0.39, 0.29) is 6.42 Å². The molecule has 2 atom stereocenters. The average molecular weight is 339 g/mol. The highest BCUT2D eigenvalue weighted by Gasteiger charge is 2.45. The van der Waals surface area contributed by atoms with Gasteiger partial charge in [-0.05, 0) is 27.2 Å². The number of carbonyl (C=O) groups excluding carboxylic acids is 1. The first-order valence-electron chi connectivity index (χ1n) is 8.54. The normalized spacial score (nSPS) is 15.3. The van der Waals surface area contributed by atoms with Gasteiger partial charge in [-0.2, -0.15) is 13.2 Å². The Morgan fingerprint density at radius 2 is 1.48 bits per heavy atom. The number of rotatable bonds is 10. The molecule has 0 heterocycles. The molecule has 3 nitrogen and oxygen atoms in total. The molecule has 0 saturated heterocycles. The highest BCUT2D eigenvalue weighted by molar-refractivity contribution is 5.73. The lowest BCUT2D eigenvalue weighted by atomic mass is 9.92. The van der Waals surface area contributed by atoms with Crippen molar-refractivity contribution in [3.05, 3.63) is 0 Å². The lowest BCUT2D eigenvalue weighted by Gasteiger charge is -2.28. The Morgan fingerprint density at radius 1 is 1.00 bits per heavy atom. The van der Waals surface area contributed by atoms with Crippen LogP contribution in [0.3, 0.4) is 0 Å². The van der Waals surface area contributed by atoms with Gasteiger partial charge in [0.2, 0.25) is 0 Å². The lowest BCUT2D eigenvalue weighted by Crippen LogP contribution is -2.48. The second-order valence-corrected chi connectivity index (χ2v) is 7.12. The van der Waals surface area contributed by atoms with E-state index in [2.05, 4.69) is 6.92 Å². The topological polar surface area (TPSA) is 52.3 Å². The Morgan fingerprint density at radius 3 is 1.91 bits per heavy atom. The summed E-state index contributed by atoms with van der Waals surface area (Å²) in [5, 5.41) is 0. The third-order valence-corrected chi connectivity index (χ3v) is 3.64. The first kappa shape index (κ1) is 22.2. The van der Waals surface area contributed by atoms with E-state index in [1.165, 1.54) is 6.42 Å². The third-order valence-electron chi connectivity index (χ3n) is 3.64. The standard InChI is InChI=1S/C17H32F3NO2/c1-5-6-7-8-9-10-11-12-13(14(21)17(18,19)20)15(22)23-16(2,3)4/h13-14H,5-12,21H2,1-4H3/t13-,14-/m0/s1. The van der Waals surface area contributed by atoms with Gasteiger partial charge in [-0.25, -0.2) is 0 Å². The van der Waals surface area contributed by atoms with E-state index >= 15 is 0 Å². The smallest absolute Gasteiger partial charge is 0.404 e. The van der Waals surface area contributed by atoms with Crippen molar-refractivity contribution in [2.24, 2.45) is 11.7 Å². The van der Waals surface area contributed by atoms with Crippen molar-refractivity contribution < 1.29 is 22.7 Å². The molecule has 0 amide bonds. The minimum Gasteiger partial charge on any atom is -0.460 e. The number of nitrogens with two attached hydrogens (primary N) is 1. The van der Waals surface area contributed by atoms with Crippen LogP contribution in [0.25, 0.3) is 0 Å². The number of esters is 1. The molecule has 0 fully saturated rings. The minimum atomic E-state index is -4.59. The molecule has 0 rings (SSSR count). The zero-order valence-corrected chi connectivity index (χ0v) is 14.8. The largest absolute Gasteiger partial charge is 0.460 e. The van der Waals surface area contributed by atoms with Crippen LogP contribution in [0.15, 0.2) is 0 Å². The van der Waals surface area contributed by atoms with Gasteiger partial charge in [0.1, 0.15) is 11.6 Å². The van der Waals surface area contributed by atoms with Crippen molar-refractivity contribution in [2.75, 3.05) is 0 Å². The van der Waals surface area contributed by atoms with E-state index in [0.29, 0.717) is 6.42 Å². The first-order chi connectivity index (χ1) is 10.5. The van der Waals surface area contributed by atoms with Crippen LogP contribution in [0.4, 0.5) is 13.2 Å². The van der Waals surface area contributed by atoms with E-state index < -0.39 is 29.7 Å². The van der Waals surface area contributed by atoms with Gasteiger partial charge in [0.15, 0.2) is 0 Å². The fraction of sp³-hybridized carbons (Fsp3) is 0.941. The van der Waals surface area contributed by atoms with E-state index in [1.54, 1.807) is 20.8 Å². The molecule has 0 aromatic heterocycles. The molecule has 6 heteroatoms. The molecule has 0 aromatic carbocycles. The number of carbonyl (C=O) groups is 1. The number of halogens is 3. The molecule has 0 radical (unpaired) electrons. The van der Waals surface area contributed by atoms with Crippen molar-refractivity contribution >= 4 is 5.97 Å². The molecule has 138 valence electrons. The van der Waals surface area contributed by atoms with Gasteiger partial charge in [-0.15, -0.1) is 0 Å². The molecule has 0 spiro atoms. The summed E-state index contributed by atoms with van der Waals surface area (Å²) < 4.78 is 43.7. The molecule has 0 aliphatic rings. The quantitative estimate of drug-likeness (QED) is 0.451. The van der Waals surface area contributed by atoms with Crippen molar-refractivity contribution in [2.45, 2.75) is 96.9 Å².